The number of aliphatic carboxylic acids is 1. The fraction of sp³-hybridized carbons (Fsp3) is 0.448. The van der Waals surface area contributed by atoms with Crippen molar-refractivity contribution in [2.75, 3.05) is 44.2 Å². The van der Waals surface area contributed by atoms with Gasteiger partial charge < -0.3 is 31.3 Å². The smallest absolute Gasteiger partial charge is 0.352 e. The molecule has 0 unspecified atom stereocenters. The van der Waals surface area contributed by atoms with Crippen LogP contribution in [0.4, 0.5) is 5.13 Å². The number of nitrogens with zero attached hydrogens (tertiary/aromatic N) is 4. The van der Waals surface area contributed by atoms with Gasteiger partial charge in [-0.05, 0) is 36.6 Å². The summed E-state index contributed by atoms with van der Waals surface area (Å²) in [7, 11) is 0. The van der Waals surface area contributed by atoms with E-state index in [1.807, 2.05) is 0 Å². The Morgan fingerprint density at radius 3 is 2.70 bits per heavy atom. The Balaban J connectivity index is 1.28. The molecule has 3 aliphatic heterocycles. The van der Waals surface area contributed by atoms with Gasteiger partial charge in [0.1, 0.15) is 28.5 Å². The third-order valence-electron chi connectivity index (χ3n) is 8.19. The predicted molar refractivity (Wildman–Crippen MR) is 173 cm³/mol. The van der Waals surface area contributed by atoms with E-state index in [2.05, 4.69) is 22.1 Å². The summed E-state index contributed by atoms with van der Waals surface area (Å²) in [6.45, 7) is 4.12. The highest BCUT2D eigenvalue weighted by Gasteiger charge is 2.54. The summed E-state index contributed by atoms with van der Waals surface area (Å²) in [4.78, 5) is 60.5. The van der Waals surface area contributed by atoms with Crippen LogP contribution in [0.5, 0.6) is 11.5 Å². The Morgan fingerprint density at radius 2 is 2.02 bits per heavy atom. The molecular formula is C29H34ClN7O7S2. The molecule has 0 bridgehead atoms. The quantitative estimate of drug-likeness (QED) is 0.0774. The zero-order chi connectivity index (χ0) is 33.3. The molecule has 0 saturated carbocycles. The minimum Gasteiger partial charge on any atom is -0.504 e. The number of fused-ring (bicyclic) bond motifs is 2. The Morgan fingerprint density at radius 1 is 1.26 bits per heavy atom. The van der Waals surface area contributed by atoms with E-state index in [9.17, 15) is 34.5 Å². The number of anilines is 1. The van der Waals surface area contributed by atoms with Crippen LogP contribution in [0.15, 0.2) is 22.7 Å². The number of thiazole rings is 1. The molecule has 1 aromatic heterocycles. The highest BCUT2D eigenvalue weighted by Crippen LogP contribution is 2.41. The van der Waals surface area contributed by atoms with Gasteiger partial charge in [0.15, 0.2) is 16.6 Å². The number of nitrogens with one attached hydrogen (secondary N) is 2. The number of β-lactam (4-membered cyclic amide) rings is 1. The minimum absolute atomic E-state index is 0.0318. The number of unbranched alkanes of at least 4 members (excludes halogenated alkanes) is 2. The molecule has 46 heavy (non-hydrogen) atoms. The van der Waals surface area contributed by atoms with Crippen LogP contribution in [0.3, 0.4) is 0 Å². The average molecular weight is 692 g/mol. The van der Waals surface area contributed by atoms with Gasteiger partial charge in [-0.1, -0.05) is 31.4 Å². The maximum atomic E-state index is 13.3. The van der Waals surface area contributed by atoms with Crippen molar-refractivity contribution in [3.63, 3.8) is 0 Å². The molecule has 1 fully saturated rings. The summed E-state index contributed by atoms with van der Waals surface area (Å²) >= 11 is 8.60. The maximum absolute atomic E-state index is 13.3. The molecule has 2 aromatic rings. The fourth-order valence-corrected chi connectivity index (χ4v) is 7.94. The van der Waals surface area contributed by atoms with Gasteiger partial charge in [0.25, 0.3) is 17.7 Å². The number of phenols is 2. The number of aromatic nitrogens is 1. The largest absolute Gasteiger partial charge is 0.504 e. The van der Waals surface area contributed by atoms with Crippen LogP contribution in [0.1, 0.15) is 47.8 Å². The van der Waals surface area contributed by atoms with E-state index in [-0.39, 0.29) is 39.6 Å². The number of amides is 3. The number of carboxylic acid groups (broad SMARTS) is 1. The molecule has 0 radical (unpaired) electrons. The molecule has 17 heteroatoms. The van der Waals surface area contributed by atoms with Crippen molar-refractivity contribution in [2.45, 2.75) is 44.0 Å². The zero-order valence-electron chi connectivity index (χ0n) is 24.9. The van der Waals surface area contributed by atoms with E-state index in [1.165, 1.54) is 28.1 Å². The predicted octanol–water partition coefficient (Wildman–Crippen LogP) is 2.09. The average Bonchev–Trinajstić information content (AvgIpc) is 3.47. The van der Waals surface area contributed by atoms with Gasteiger partial charge in [0.05, 0.1) is 5.02 Å². The summed E-state index contributed by atoms with van der Waals surface area (Å²) in [5.41, 5.74) is 6.41. The number of carbonyl (C=O) groups excluding carboxylic acids is 3. The Bertz CT molecular complexity index is 1630. The molecule has 5 rings (SSSR count). The van der Waals surface area contributed by atoms with Crippen molar-refractivity contribution in [2.24, 2.45) is 0 Å². The van der Waals surface area contributed by atoms with Crippen molar-refractivity contribution in [3.8, 4) is 11.5 Å². The highest BCUT2D eigenvalue weighted by atomic mass is 35.5. The van der Waals surface area contributed by atoms with Crippen LogP contribution in [0, 0.1) is 5.41 Å². The first-order valence-electron chi connectivity index (χ1n) is 14.7. The van der Waals surface area contributed by atoms with Crippen molar-refractivity contribution >= 4 is 69.2 Å². The van der Waals surface area contributed by atoms with Gasteiger partial charge in [-0.2, -0.15) is 0 Å². The molecule has 3 aliphatic rings. The fourth-order valence-electron chi connectivity index (χ4n) is 5.76. The molecular weight excluding hydrogens is 658 g/mol. The summed E-state index contributed by atoms with van der Waals surface area (Å²) < 4.78 is 0. The van der Waals surface area contributed by atoms with Crippen LogP contribution >= 0.6 is 34.7 Å². The first-order valence-corrected chi connectivity index (χ1v) is 17.0. The third kappa shape index (κ3) is 6.52. The Kier molecular flexibility index (Phi) is 10.1. The summed E-state index contributed by atoms with van der Waals surface area (Å²) in [6, 6.07) is 0.231. The summed E-state index contributed by atoms with van der Waals surface area (Å²) in [6.07, 6.45) is 3.20. The van der Waals surface area contributed by atoms with Gasteiger partial charge in [-0.25, -0.2) is 9.78 Å². The number of rotatable bonds is 13. The molecule has 1 saturated heterocycles. The van der Waals surface area contributed by atoms with Crippen LogP contribution < -0.4 is 11.1 Å². The molecule has 1 aromatic carbocycles. The molecule has 0 aliphatic carbocycles. The van der Waals surface area contributed by atoms with Crippen LogP contribution in [-0.2, 0) is 20.8 Å². The molecule has 14 nitrogen and oxygen atoms in total. The molecule has 246 valence electrons. The van der Waals surface area contributed by atoms with Crippen molar-refractivity contribution in [3.05, 3.63) is 44.6 Å². The number of hydrogen-bond acceptors (Lipinski definition) is 12. The molecule has 0 spiro atoms. The van der Waals surface area contributed by atoms with Crippen molar-refractivity contribution in [1.82, 2.24) is 25.0 Å². The van der Waals surface area contributed by atoms with Gasteiger partial charge in [0, 0.05) is 42.9 Å². The number of phenolic OH excluding ortho intramolecular Hbond substituents is 2. The molecule has 4 heterocycles. The first-order chi connectivity index (χ1) is 21.9. The second-order valence-electron chi connectivity index (χ2n) is 11.2. The normalized spacial score (nSPS) is 19.2. The Hall–Kier alpha value is -3.86. The second kappa shape index (κ2) is 13.9. The number of nitrogens with two attached hydrogens (primary N) is 1. The number of aromatic hydroxyl groups is 2. The van der Waals surface area contributed by atoms with Crippen LogP contribution in [0.2, 0.25) is 5.02 Å². The van der Waals surface area contributed by atoms with E-state index < -0.39 is 46.4 Å². The molecule has 2 atom stereocenters. The second-order valence-corrected chi connectivity index (χ2v) is 13.5. The van der Waals surface area contributed by atoms with Crippen LogP contribution in [0.25, 0.3) is 0 Å². The number of hydrogen-bond donors (Lipinski definition) is 6. The summed E-state index contributed by atoms with van der Waals surface area (Å²) in [5.74, 6) is -3.56. The SMILES string of the molecule is CCCCCN(CCN1CCc2c(cc(O)c(O)c2Cl)C1=O)CC1=C(C(=O)O)N2C(=O)[C@@H](NC(=O)C(=N)c3csc(N)n3)[C@H]2SC1. The van der Waals surface area contributed by atoms with E-state index in [0.29, 0.717) is 49.5 Å². The lowest BCUT2D eigenvalue weighted by Gasteiger charge is -2.49. The maximum Gasteiger partial charge on any atom is 0.352 e. The van der Waals surface area contributed by atoms with Crippen LogP contribution in [-0.4, -0.2) is 114 Å². The van der Waals surface area contributed by atoms with Gasteiger partial charge in [-0.3, -0.25) is 29.6 Å². The van der Waals surface area contributed by atoms with E-state index in [4.69, 9.17) is 22.7 Å². The third-order valence-corrected chi connectivity index (χ3v) is 10.6. The first kappa shape index (κ1) is 33.5. The van der Waals surface area contributed by atoms with Gasteiger partial charge in [-0.15, -0.1) is 23.1 Å². The molecule has 3 amide bonds. The lowest BCUT2D eigenvalue weighted by atomic mass is 9.98. The van der Waals surface area contributed by atoms with Crippen molar-refractivity contribution in [1.29, 1.82) is 5.41 Å². The van der Waals surface area contributed by atoms with Gasteiger partial charge >= 0.3 is 5.97 Å². The topological polar surface area (TPSA) is 213 Å². The highest BCUT2D eigenvalue weighted by molar-refractivity contribution is 8.00. The van der Waals surface area contributed by atoms with Gasteiger partial charge in [0.2, 0.25) is 0 Å². The molecule has 7 N–H and O–H groups in total. The minimum atomic E-state index is -1.25. The number of thioether (sulfide) groups is 1. The monoisotopic (exact) mass is 691 g/mol. The van der Waals surface area contributed by atoms with E-state index in [1.54, 1.807) is 4.90 Å². The Labute approximate surface area is 277 Å². The standard InChI is InChI=1S/C29H34ClN7O7S2/c1-2-3-4-6-35(8-9-36-7-5-15-16(25(36)41)10-18(38)23(39)19(15)30)11-14-12-45-27-21(26(42)37(27)22(14)28(43)44)34-24(40)20(31)17-13-46-29(32)33-17/h10,13,21,27,31,38-39H,2-9,11-12H2,1H3,(H2,32,33)(H,34,40)(H,43,44)/t21-,27-/m1/s1. The lowest BCUT2D eigenvalue weighted by Crippen LogP contribution is -2.71. The zero-order valence-corrected chi connectivity index (χ0v) is 27.3. The van der Waals surface area contributed by atoms with E-state index >= 15 is 0 Å². The number of benzene rings is 1. The summed E-state index contributed by atoms with van der Waals surface area (Å²) in [5, 5.41) is 41.8. The number of nitrogen functional groups attached to an aromatic ring is 1. The van der Waals surface area contributed by atoms with E-state index in [0.717, 1.165) is 30.6 Å². The van der Waals surface area contributed by atoms with Crippen molar-refractivity contribution < 1.29 is 34.5 Å². The number of carboxylic acids is 1. The number of carbonyl (C=O) groups is 4. The lowest BCUT2D eigenvalue weighted by molar-refractivity contribution is -0.150. The number of halogens is 1.